The molecule has 0 heterocycles. The first-order valence-electron chi connectivity index (χ1n) is 7.86. The summed E-state index contributed by atoms with van der Waals surface area (Å²) in [5.74, 6) is 0.608. The Bertz CT molecular complexity index is 350. The number of rotatable bonds is 4. The van der Waals surface area contributed by atoms with Crippen LogP contribution in [0.15, 0.2) is 12.2 Å². The molecule has 0 aromatic heterocycles. The zero-order valence-corrected chi connectivity index (χ0v) is 17.2. The van der Waals surface area contributed by atoms with Crippen LogP contribution < -0.4 is 0 Å². The lowest BCUT2D eigenvalue weighted by Gasteiger charge is -2.40. The van der Waals surface area contributed by atoms with Crippen molar-refractivity contribution in [1.29, 1.82) is 0 Å². The predicted molar refractivity (Wildman–Crippen MR) is 98.1 cm³/mol. The molecule has 0 aliphatic heterocycles. The summed E-state index contributed by atoms with van der Waals surface area (Å²) in [4.78, 5) is 0. The van der Waals surface area contributed by atoms with Gasteiger partial charge in [0.25, 0.3) is 0 Å². The molecule has 0 bridgehead atoms. The largest absolute Gasteiger partial charge is 0.406 e. The van der Waals surface area contributed by atoms with Crippen LogP contribution in [0.25, 0.3) is 0 Å². The van der Waals surface area contributed by atoms with Crippen LogP contribution in [0.1, 0.15) is 52.9 Å². The number of hydrogen-bond acceptors (Lipinski definition) is 1. The molecular weight excluding hydrogens is 343 g/mol. The Kier molecular flexibility index (Phi) is 7.15. The van der Waals surface area contributed by atoms with Gasteiger partial charge in [-0.15, -0.1) is 0 Å². The molecular formula is C16H29Cl3OSi. The molecule has 0 aromatic carbocycles. The predicted octanol–water partition coefficient (Wildman–Crippen LogP) is 6.88. The average Bonchev–Trinajstić information content (AvgIpc) is 2.33. The summed E-state index contributed by atoms with van der Waals surface area (Å²) in [7, 11) is -1.97. The first-order valence-corrected chi connectivity index (χ1v) is 11.9. The van der Waals surface area contributed by atoms with E-state index in [0.717, 1.165) is 0 Å². The quantitative estimate of drug-likeness (QED) is 0.297. The van der Waals surface area contributed by atoms with Crippen LogP contribution in [0.3, 0.4) is 0 Å². The van der Waals surface area contributed by atoms with Gasteiger partial charge >= 0.3 is 0 Å². The third-order valence-corrected chi connectivity index (χ3v) is 9.86. The van der Waals surface area contributed by atoms with Crippen LogP contribution in [-0.2, 0) is 4.43 Å². The highest BCUT2D eigenvalue weighted by Crippen LogP contribution is 2.42. The van der Waals surface area contributed by atoms with Crippen LogP contribution in [0.5, 0.6) is 0 Å². The van der Waals surface area contributed by atoms with Gasteiger partial charge in [-0.1, -0.05) is 87.0 Å². The van der Waals surface area contributed by atoms with Gasteiger partial charge in [-0.05, 0) is 36.9 Å². The second-order valence-electron chi connectivity index (χ2n) is 7.62. The number of hydrogen-bond donors (Lipinski definition) is 0. The van der Waals surface area contributed by atoms with Gasteiger partial charge in [0.05, 0.1) is 0 Å². The van der Waals surface area contributed by atoms with Gasteiger partial charge in [-0.3, -0.25) is 0 Å². The fourth-order valence-electron chi connectivity index (χ4n) is 2.29. The van der Waals surface area contributed by atoms with E-state index in [1.807, 2.05) is 6.08 Å². The van der Waals surface area contributed by atoms with E-state index in [1.54, 1.807) is 0 Å². The van der Waals surface area contributed by atoms with Crippen molar-refractivity contribution in [3.05, 3.63) is 12.2 Å². The summed E-state index contributed by atoms with van der Waals surface area (Å²) in [6.45, 7) is 11.0. The van der Waals surface area contributed by atoms with Crippen molar-refractivity contribution in [3.8, 4) is 0 Å². The zero-order valence-electron chi connectivity index (χ0n) is 13.9. The van der Waals surface area contributed by atoms with E-state index in [-0.39, 0.29) is 5.04 Å². The zero-order chi connectivity index (χ0) is 16.3. The molecule has 124 valence electrons. The lowest BCUT2D eigenvalue weighted by Crippen LogP contribution is -2.46. The van der Waals surface area contributed by atoms with Crippen LogP contribution in [0.4, 0.5) is 0 Å². The maximum Gasteiger partial charge on any atom is 0.218 e. The summed E-state index contributed by atoms with van der Waals surface area (Å²) in [5, 5.41) is 0.0971. The van der Waals surface area contributed by atoms with Crippen molar-refractivity contribution < 1.29 is 4.43 Å². The Balaban J connectivity index is 2.79. The van der Waals surface area contributed by atoms with Gasteiger partial charge in [0.2, 0.25) is 3.79 Å². The molecule has 5 heteroatoms. The monoisotopic (exact) mass is 370 g/mol. The first-order chi connectivity index (χ1) is 9.43. The van der Waals surface area contributed by atoms with Gasteiger partial charge < -0.3 is 4.43 Å². The van der Waals surface area contributed by atoms with E-state index >= 15 is 0 Å². The molecule has 1 rings (SSSR count). The van der Waals surface area contributed by atoms with Gasteiger partial charge in [-0.2, -0.15) is 0 Å². The third kappa shape index (κ3) is 6.43. The molecule has 0 saturated heterocycles. The minimum absolute atomic E-state index is 0.0971. The standard InChI is InChI=1S/C16H29Cl3OSi/c1-15(2,3)21(4,5)20-14(16(17,18)19)12-11-13-9-7-6-8-10-13/h11-14H,6-10H2,1-5H3/b12-11+. The molecule has 1 aliphatic rings. The maximum atomic E-state index is 6.31. The molecule has 0 amide bonds. The summed E-state index contributed by atoms with van der Waals surface area (Å²) in [6.07, 6.45) is 10.2. The van der Waals surface area contributed by atoms with E-state index in [9.17, 15) is 0 Å². The fourth-order valence-corrected chi connectivity index (χ4v) is 4.11. The molecule has 0 radical (unpaired) electrons. The molecule has 1 aliphatic carbocycles. The normalized spacial score (nSPS) is 21.0. The van der Waals surface area contributed by atoms with Gasteiger partial charge in [-0.25, -0.2) is 0 Å². The fraction of sp³-hybridized carbons (Fsp3) is 0.875. The Morgan fingerprint density at radius 2 is 1.57 bits per heavy atom. The summed E-state index contributed by atoms with van der Waals surface area (Å²) >= 11 is 18.4. The molecule has 1 unspecified atom stereocenters. The van der Waals surface area contributed by atoms with Gasteiger partial charge in [0, 0.05) is 0 Å². The van der Waals surface area contributed by atoms with E-state index in [4.69, 9.17) is 39.2 Å². The average molecular weight is 372 g/mol. The number of halogens is 3. The van der Waals surface area contributed by atoms with Crippen molar-refractivity contribution in [2.24, 2.45) is 5.92 Å². The smallest absolute Gasteiger partial charge is 0.218 e. The summed E-state index contributed by atoms with van der Waals surface area (Å²) in [5.41, 5.74) is 0. The molecule has 1 nitrogen and oxygen atoms in total. The van der Waals surface area contributed by atoms with Crippen molar-refractivity contribution in [2.45, 2.75) is 80.9 Å². The van der Waals surface area contributed by atoms with Crippen molar-refractivity contribution in [3.63, 3.8) is 0 Å². The van der Waals surface area contributed by atoms with E-state index in [2.05, 4.69) is 39.9 Å². The first kappa shape index (κ1) is 19.8. The van der Waals surface area contributed by atoms with E-state index in [1.165, 1.54) is 32.1 Å². The Hall–Kier alpha value is 0.787. The minimum Gasteiger partial charge on any atom is -0.406 e. The topological polar surface area (TPSA) is 9.23 Å². The number of alkyl halides is 3. The molecule has 0 aromatic rings. The summed E-state index contributed by atoms with van der Waals surface area (Å²) < 4.78 is 4.90. The Labute approximate surface area is 146 Å². The van der Waals surface area contributed by atoms with Crippen molar-refractivity contribution in [2.75, 3.05) is 0 Å². The molecule has 1 atom stereocenters. The molecule has 1 fully saturated rings. The Morgan fingerprint density at radius 1 is 1.05 bits per heavy atom. The van der Waals surface area contributed by atoms with Crippen LogP contribution >= 0.6 is 34.8 Å². The van der Waals surface area contributed by atoms with Gasteiger partial charge in [0.15, 0.2) is 8.32 Å². The van der Waals surface area contributed by atoms with Crippen LogP contribution in [0.2, 0.25) is 18.1 Å². The van der Waals surface area contributed by atoms with Gasteiger partial charge in [0.1, 0.15) is 6.10 Å². The van der Waals surface area contributed by atoms with E-state index in [0.29, 0.717) is 5.92 Å². The minimum atomic E-state index is -1.97. The molecule has 0 N–H and O–H groups in total. The van der Waals surface area contributed by atoms with Crippen LogP contribution in [-0.4, -0.2) is 18.2 Å². The van der Waals surface area contributed by atoms with Crippen molar-refractivity contribution in [1.82, 2.24) is 0 Å². The Morgan fingerprint density at radius 3 is 2.00 bits per heavy atom. The second-order valence-corrected chi connectivity index (χ2v) is 14.7. The second kappa shape index (κ2) is 7.57. The summed E-state index contributed by atoms with van der Waals surface area (Å²) in [6, 6.07) is 0. The maximum absolute atomic E-state index is 6.31. The highest BCUT2D eigenvalue weighted by molar-refractivity contribution is 6.74. The van der Waals surface area contributed by atoms with Crippen molar-refractivity contribution >= 4 is 43.1 Å². The highest BCUT2D eigenvalue weighted by atomic mass is 35.6. The lowest BCUT2D eigenvalue weighted by atomic mass is 9.89. The highest BCUT2D eigenvalue weighted by Gasteiger charge is 2.43. The SMILES string of the molecule is CC(C)(C)[Si](C)(C)OC(/C=C/C1CCCCC1)C(Cl)(Cl)Cl. The molecule has 21 heavy (non-hydrogen) atoms. The lowest BCUT2D eigenvalue weighted by molar-refractivity contribution is 0.227. The van der Waals surface area contributed by atoms with Crippen LogP contribution in [0, 0.1) is 5.92 Å². The van der Waals surface area contributed by atoms with E-state index < -0.39 is 18.2 Å². The number of allylic oxidation sites excluding steroid dienone is 1. The molecule has 0 spiro atoms. The third-order valence-electron chi connectivity index (χ3n) is 4.76. The molecule has 1 saturated carbocycles.